The van der Waals surface area contributed by atoms with Gasteiger partial charge in [-0.1, -0.05) is 50.6 Å². The fraction of sp³-hybridized carbons (Fsp3) is 0.690. The van der Waals surface area contributed by atoms with Gasteiger partial charge >= 0.3 is 5.97 Å². The van der Waals surface area contributed by atoms with E-state index >= 15 is 0 Å². The maximum atomic E-state index is 12.6. The van der Waals surface area contributed by atoms with Crippen molar-refractivity contribution in [1.82, 2.24) is 0 Å². The van der Waals surface area contributed by atoms with Crippen molar-refractivity contribution in [2.75, 3.05) is 6.61 Å². The third-order valence-electron chi connectivity index (χ3n) is 10.4. The number of carbonyl (C=O) groups excluding carboxylic acids is 1. The molecular weight excluding hydrogens is 396 g/mol. The van der Waals surface area contributed by atoms with E-state index in [-0.39, 0.29) is 17.5 Å². The van der Waals surface area contributed by atoms with Crippen LogP contribution in [-0.2, 0) is 4.74 Å². The fourth-order valence-corrected chi connectivity index (χ4v) is 8.62. The maximum Gasteiger partial charge on any atom is 0.338 e. The average Bonchev–Trinajstić information content (AvgIpc) is 3.16. The quantitative estimate of drug-likeness (QED) is 0.438. The van der Waals surface area contributed by atoms with Crippen LogP contribution < -0.4 is 0 Å². The summed E-state index contributed by atoms with van der Waals surface area (Å²) in [7, 11) is 0. The molecule has 4 aliphatic carbocycles. The van der Waals surface area contributed by atoms with E-state index in [1.165, 1.54) is 32.1 Å². The van der Waals surface area contributed by atoms with Crippen LogP contribution in [0.4, 0.5) is 0 Å². The Bertz CT molecular complexity index is 876. The number of fused-ring (bicyclic) bond motifs is 5. The molecule has 8 atom stereocenters. The van der Waals surface area contributed by atoms with Crippen molar-refractivity contribution in [2.24, 2.45) is 40.4 Å². The van der Waals surface area contributed by atoms with E-state index in [4.69, 9.17) is 4.74 Å². The molecule has 3 saturated carbocycles. The molecule has 0 bridgehead atoms. The molecule has 3 heteroatoms. The van der Waals surface area contributed by atoms with E-state index in [2.05, 4.69) is 26.8 Å². The highest BCUT2D eigenvalue weighted by molar-refractivity contribution is 5.89. The summed E-state index contributed by atoms with van der Waals surface area (Å²) in [4.78, 5) is 12.6. The van der Waals surface area contributed by atoms with Crippen LogP contribution in [0.3, 0.4) is 0 Å². The molecule has 5 rings (SSSR count). The van der Waals surface area contributed by atoms with Gasteiger partial charge in [0.15, 0.2) is 0 Å². The van der Waals surface area contributed by atoms with E-state index in [1.54, 1.807) is 5.57 Å². The summed E-state index contributed by atoms with van der Waals surface area (Å²) in [5, 5.41) is 9.84. The number of benzene rings is 1. The zero-order chi connectivity index (χ0) is 22.5. The predicted octanol–water partition coefficient (Wildman–Crippen LogP) is 6.42. The van der Waals surface area contributed by atoms with Gasteiger partial charge in [-0.15, -0.1) is 0 Å². The van der Waals surface area contributed by atoms with Crippen LogP contribution in [0.2, 0.25) is 0 Å². The minimum Gasteiger partial charge on any atom is -0.458 e. The minimum absolute atomic E-state index is 0.00806. The number of allylic oxidation sites excluding steroid dienone is 1. The van der Waals surface area contributed by atoms with E-state index in [1.807, 2.05) is 30.3 Å². The summed E-state index contributed by atoms with van der Waals surface area (Å²) >= 11 is 0. The highest BCUT2D eigenvalue weighted by atomic mass is 16.5. The lowest BCUT2D eigenvalue weighted by Crippen LogP contribution is -2.51. The van der Waals surface area contributed by atoms with Crippen LogP contribution in [0.15, 0.2) is 42.0 Å². The number of hydrogen-bond donors (Lipinski definition) is 1. The van der Waals surface area contributed by atoms with Crippen molar-refractivity contribution in [3.63, 3.8) is 0 Å². The summed E-state index contributed by atoms with van der Waals surface area (Å²) in [6.07, 6.45) is 12.0. The summed E-state index contributed by atoms with van der Waals surface area (Å²) in [6.45, 7) is 7.63. The zero-order valence-corrected chi connectivity index (χ0v) is 20.1. The lowest BCUT2D eigenvalue weighted by molar-refractivity contribution is -0.0618. The first-order valence-corrected chi connectivity index (χ1v) is 12.9. The summed E-state index contributed by atoms with van der Waals surface area (Å²) in [6, 6.07) is 9.39. The van der Waals surface area contributed by atoms with E-state index in [0.29, 0.717) is 29.4 Å². The number of rotatable bonds is 4. The molecular formula is C29H40O3. The average molecular weight is 437 g/mol. The molecule has 0 aromatic heterocycles. The second kappa shape index (κ2) is 8.31. The Morgan fingerprint density at radius 2 is 1.88 bits per heavy atom. The molecule has 1 N–H and O–H groups in total. The Morgan fingerprint density at radius 3 is 2.62 bits per heavy atom. The Balaban J connectivity index is 1.31. The third kappa shape index (κ3) is 3.47. The summed E-state index contributed by atoms with van der Waals surface area (Å²) in [5.74, 6) is 3.24. The maximum absolute atomic E-state index is 12.6. The van der Waals surface area contributed by atoms with Gasteiger partial charge in [0.05, 0.1) is 5.56 Å². The van der Waals surface area contributed by atoms with Crippen LogP contribution in [-0.4, -0.2) is 23.8 Å². The van der Waals surface area contributed by atoms with Crippen molar-refractivity contribution in [3.05, 3.63) is 47.5 Å². The normalized spacial score (nSPS) is 41.6. The monoisotopic (exact) mass is 436 g/mol. The minimum atomic E-state index is -0.183. The first-order chi connectivity index (χ1) is 15.4. The van der Waals surface area contributed by atoms with E-state index < -0.39 is 0 Å². The van der Waals surface area contributed by atoms with Gasteiger partial charge in [0.1, 0.15) is 6.10 Å². The van der Waals surface area contributed by atoms with Gasteiger partial charge in [0.25, 0.3) is 0 Å². The zero-order valence-electron chi connectivity index (χ0n) is 20.1. The molecule has 3 fully saturated rings. The van der Waals surface area contributed by atoms with Crippen LogP contribution in [0.1, 0.15) is 82.5 Å². The molecule has 0 aliphatic heterocycles. The molecule has 0 spiro atoms. The fourth-order valence-electron chi connectivity index (χ4n) is 8.62. The number of esters is 1. The van der Waals surface area contributed by atoms with Crippen LogP contribution in [0, 0.1) is 40.4 Å². The van der Waals surface area contributed by atoms with Crippen LogP contribution in [0.5, 0.6) is 0 Å². The van der Waals surface area contributed by atoms with Crippen LogP contribution in [0.25, 0.3) is 0 Å². The molecule has 0 amide bonds. The molecule has 0 heterocycles. The standard InChI is InChI=1S/C29H40O3/c1-19(18-30)24-11-12-25-23-10-9-21-17-22(32-27(31)20-7-5-4-6-8-20)13-15-28(21,2)26(23)14-16-29(24,25)3/h4-9,19,22-26,30H,10-18H2,1-3H3/t19-,22+,23+,24+,25+,26+,28-,29-/m1/s1. The van der Waals surface area contributed by atoms with Crippen molar-refractivity contribution in [1.29, 1.82) is 0 Å². The lowest BCUT2D eigenvalue weighted by atomic mass is 9.47. The number of aliphatic hydroxyl groups is 1. The Labute approximate surface area is 193 Å². The topological polar surface area (TPSA) is 46.5 Å². The summed E-state index contributed by atoms with van der Waals surface area (Å²) in [5.41, 5.74) is 2.87. The Hall–Kier alpha value is -1.61. The number of carbonyl (C=O) groups is 1. The van der Waals surface area contributed by atoms with Gasteiger partial charge in [-0.25, -0.2) is 4.79 Å². The van der Waals surface area contributed by atoms with Gasteiger partial charge < -0.3 is 9.84 Å². The summed E-state index contributed by atoms with van der Waals surface area (Å²) < 4.78 is 5.94. The number of hydrogen-bond acceptors (Lipinski definition) is 3. The van der Waals surface area contributed by atoms with Gasteiger partial charge in [-0.3, -0.25) is 0 Å². The smallest absolute Gasteiger partial charge is 0.338 e. The van der Waals surface area contributed by atoms with Crippen molar-refractivity contribution in [3.8, 4) is 0 Å². The van der Waals surface area contributed by atoms with Gasteiger partial charge in [-0.05, 0) is 97.5 Å². The van der Waals surface area contributed by atoms with Crippen molar-refractivity contribution in [2.45, 2.75) is 78.2 Å². The molecule has 1 aromatic rings. The highest BCUT2D eigenvalue weighted by Crippen LogP contribution is 2.67. The molecule has 0 unspecified atom stereocenters. The number of ether oxygens (including phenoxy) is 1. The predicted molar refractivity (Wildman–Crippen MR) is 127 cm³/mol. The lowest BCUT2D eigenvalue weighted by Gasteiger charge is -2.58. The molecule has 3 nitrogen and oxygen atoms in total. The highest BCUT2D eigenvalue weighted by Gasteiger charge is 2.59. The second-order valence-corrected chi connectivity index (χ2v) is 11.8. The Kier molecular flexibility index (Phi) is 5.76. The molecule has 174 valence electrons. The van der Waals surface area contributed by atoms with Crippen LogP contribution >= 0.6 is 0 Å². The van der Waals surface area contributed by atoms with Crippen molar-refractivity contribution < 1.29 is 14.6 Å². The molecule has 0 radical (unpaired) electrons. The van der Waals surface area contributed by atoms with Crippen molar-refractivity contribution >= 4 is 5.97 Å². The first-order valence-electron chi connectivity index (χ1n) is 12.9. The van der Waals surface area contributed by atoms with Gasteiger partial charge in [0, 0.05) is 13.0 Å². The second-order valence-electron chi connectivity index (χ2n) is 11.8. The Morgan fingerprint density at radius 1 is 1.09 bits per heavy atom. The third-order valence-corrected chi connectivity index (χ3v) is 10.4. The first kappa shape index (κ1) is 22.2. The number of aliphatic hydroxyl groups excluding tert-OH is 1. The van der Waals surface area contributed by atoms with Gasteiger partial charge in [0.2, 0.25) is 0 Å². The van der Waals surface area contributed by atoms with E-state index in [9.17, 15) is 9.90 Å². The SMILES string of the molecule is C[C@H](CO)[C@@H]1CC[C@H]2[C@@H]3CC=C4C[C@@H](OC(=O)c5ccccc5)CC[C@@]4(C)[C@H]3CC[C@@]21C. The largest absolute Gasteiger partial charge is 0.458 e. The molecule has 4 aliphatic rings. The van der Waals surface area contributed by atoms with E-state index in [0.717, 1.165) is 37.0 Å². The van der Waals surface area contributed by atoms with Gasteiger partial charge in [-0.2, -0.15) is 0 Å². The molecule has 32 heavy (non-hydrogen) atoms. The molecule has 0 saturated heterocycles. The molecule has 1 aromatic carbocycles.